The van der Waals surface area contributed by atoms with E-state index in [1.165, 1.54) is 4.90 Å². The highest BCUT2D eigenvalue weighted by molar-refractivity contribution is 6.30. The van der Waals surface area contributed by atoms with E-state index in [2.05, 4.69) is 5.32 Å². The molecule has 1 rings (SSSR count). The lowest BCUT2D eigenvalue weighted by Crippen LogP contribution is -2.35. The normalized spacial score (nSPS) is 11.0. The molecule has 0 aromatic heterocycles. The van der Waals surface area contributed by atoms with Crippen LogP contribution >= 0.6 is 11.6 Å². The minimum absolute atomic E-state index is 0.0973. The van der Waals surface area contributed by atoms with Gasteiger partial charge in [0.05, 0.1) is 0 Å². The van der Waals surface area contributed by atoms with Crippen LogP contribution in [0.2, 0.25) is 5.02 Å². The summed E-state index contributed by atoms with van der Waals surface area (Å²) in [5, 5.41) is 3.40. The Morgan fingerprint density at radius 2 is 1.82 bits per heavy atom. The zero-order chi connectivity index (χ0) is 16.8. The molecule has 1 aromatic rings. The molecule has 0 spiro atoms. The molecule has 0 heterocycles. The first kappa shape index (κ1) is 18.3. The van der Waals surface area contributed by atoms with Crippen molar-refractivity contribution in [2.45, 2.75) is 39.2 Å². The van der Waals surface area contributed by atoms with Gasteiger partial charge in [-0.3, -0.25) is 4.79 Å². The van der Waals surface area contributed by atoms with Crippen molar-refractivity contribution in [1.82, 2.24) is 4.90 Å². The van der Waals surface area contributed by atoms with Crippen LogP contribution in [0.4, 0.5) is 10.5 Å². The number of rotatable bonds is 5. The molecule has 0 aliphatic rings. The number of nitrogens with zero attached hydrogens (tertiary/aromatic N) is 1. The van der Waals surface area contributed by atoms with Gasteiger partial charge in [0.2, 0.25) is 5.91 Å². The number of hydrogen-bond donors (Lipinski definition) is 1. The Balaban J connectivity index is 2.30. The molecule has 1 N–H and O–H groups in total. The number of ether oxygens (including phenoxy) is 1. The number of amides is 2. The summed E-state index contributed by atoms with van der Waals surface area (Å²) >= 11 is 5.78. The lowest BCUT2D eigenvalue weighted by molar-refractivity contribution is -0.116. The molecule has 0 saturated heterocycles. The zero-order valence-electron chi connectivity index (χ0n) is 13.5. The average Bonchev–Trinajstić information content (AvgIpc) is 2.39. The summed E-state index contributed by atoms with van der Waals surface area (Å²) in [7, 11) is 1.66. The van der Waals surface area contributed by atoms with E-state index in [0.717, 1.165) is 0 Å². The van der Waals surface area contributed by atoms with Crippen LogP contribution in [0.15, 0.2) is 24.3 Å². The van der Waals surface area contributed by atoms with Crippen molar-refractivity contribution in [3.8, 4) is 0 Å². The monoisotopic (exact) mass is 326 g/mol. The topological polar surface area (TPSA) is 58.6 Å². The van der Waals surface area contributed by atoms with E-state index < -0.39 is 5.60 Å². The molecule has 2 amide bonds. The summed E-state index contributed by atoms with van der Waals surface area (Å²) < 4.78 is 5.24. The van der Waals surface area contributed by atoms with Crippen LogP contribution in [0.25, 0.3) is 0 Å². The van der Waals surface area contributed by atoms with E-state index in [-0.39, 0.29) is 12.0 Å². The maximum atomic E-state index is 11.8. The Morgan fingerprint density at radius 3 is 2.36 bits per heavy atom. The quantitative estimate of drug-likeness (QED) is 0.892. The Bertz CT molecular complexity index is 509. The van der Waals surface area contributed by atoms with Crippen molar-refractivity contribution in [2.24, 2.45) is 0 Å². The number of nitrogens with one attached hydrogen (secondary N) is 1. The van der Waals surface area contributed by atoms with Crippen LogP contribution in [-0.4, -0.2) is 36.1 Å². The molecule has 5 nitrogen and oxygen atoms in total. The third kappa shape index (κ3) is 7.31. The first-order valence-corrected chi connectivity index (χ1v) is 7.55. The van der Waals surface area contributed by atoms with Crippen LogP contribution in [0.1, 0.15) is 33.6 Å². The highest BCUT2D eigenvalue weighted by atomic mass is 35.5. The van der Waals surface area contributed by atoms with Gasteiger partial charge >= 0.3 is 6.09 Å². The van der Waals surface area contributed by atoms with Crippen molar-refractivity contribution in [3.05, 3.63) is 29.3 Å². The summed E-state index contributed by atoms with van der Waals surface area (Å²) in [6, 6.07) is 6.92. The summed E-state index contributed by atoms with van der Waals surface area (Å²) in [6.45, 7) is 5.91. The van der Waals surface area contributed by atoms with Gasteiger partial charge in [0.25, 0.3) is 0 Å². The summed E-state index contributed by atoms with van der Waals surface area (Å²) in [6.07, 6.45) is 0.510. The third-order valence-corrected chi connectivity index (χ3v) is 2.98. The SMILES string of the molecule is CN(CCCC(=O)Nc1ccc(Cl)cc1)C(=O)OC(C)(C)C. The molecule has 1 aromatic carbocycles. The first-order chi connectivity index (χ1) is 10.2. The molecule has 0 radical (unpaired) electrons. The molecule has 0 unspecified atom stereocenters. The van der Waals surface area contributed by atoms with Gasteiger partial charge < -0.3 is 15.0 Å². The van der Waals surface area contributed by atoms with E-state index in [9.17, 15) is 9.59 Å². The number of carbonyl (C=O) groups is 2. The van der Waals surface area contributed by atoms with Gasteiger partial charge in [0.1, 0.15) is 5.60 Å². The Kier molecular flexibility index (Phi) is 6.68. The minimum atomic E-state index is -0.517. The molecule has 0 aliphatic heterocycles. The smallest absolute Gasteiger partial charge is 0.410 e. The van der Waals surface area contributed by atoms with Crippen molar-refractivity contribution in [3.63, 3.8) is 0 Å². The maximum Gasteiger partial charge on any atom is 0.410 e. The van der Waals surface area contributed by atoms with Gasteiger partial charge in [0.15, 0.2) is 0 Å². The fraction of sp³-hybridized carbons (Fsp3) is 0.500. The highest BCUT2D eigenvalue weighted by Gasteiger charge is 2.19. The number of carbonyl (C=O) groups excluding carboxylic acids is 2. The molecule has 0 bridgehead atoms. The Hall–Kier alpha value is -1.75. The molecule has 0 aliphatic carbocycles. The van der Waals surface area contributed by atoms with Crippen LogP contribution in [0.5, 0.6) is 0 Å². The predicted molar refractivity (Wildman–Crippen MR) is 88.2 cm³/mol. The maximum absolute atomic E-state index is 11.8. The van der Waals surface area contributed by atoms with Crippen molar-refractivity contribution >= 4 is 29.3 Å². The van der Waals surface area contributed by atoms with E-state index in [1.807, 2.05) is 20.8 Å². The second-order valence-corrected chi connectivity index (χ2v) is 6.50. The molecule has 6 heteroatoms. The summed E-state index contributed by atoms with van der Waals surface area (Å²) in [5.41, 5.74) is 0.187. The molecule has 0 fully saturated rings. The fourth-order valence-electron chi connectivity index (χ4n) is 1.66. The van der Waals surface area contributed by atoms with Gasteiger partial charge in [-0.2, -0.15) is 0 Å². The fourth-order valence-corrected chi connectivity index (χ4v) is 1.79. The number of anilines is 1. The molecule has 122 valence electrons. The number of benzene rings is 1. The lowest BCUT2D eigenvalue weighted by Gasteiger charge is -2.24. The van der Waals surface area contributed by atoms with Crippen molar-refractivity contribution < 1.29 is 14.3 Å². The average molecular weight is 327 g/mol. The van der Waals surface area contributed by atoms with Gasteiger partial charge in [-0.1, -0.05) is 11.6 Å². The van der Waals surface area contributed by atoms with E-state index in [4.69, 9.17) is 16.3 Å². The van der Waals surface area contributed by atoms with Crippen LogP contribution in [0.3, 0.4) is 0 Å². The zero-order valence-corrected chi connectivity index (χ0v) is 14.2. The number of hydrogen-bond acceptors (Lipinski definition) is 3. The standard InChI is InChI=1S/C16H23ClN2O3/c1-16(2,3)22-15(21)19(4)11-5-6-14(20)18-13-9-7-12(17)8-10-13/h7-10H,5-6,11H2,1-4H3,(H,18,20). The van der Waals surface area contributed by atoms with Crippen LogP contribution < -0.4 is 5.32 Å². The molecular formula is C16H23ClN2O3. The Morgan fingerprint density at radius 1 is 1.23 bits per heavy atom. The Labute approximate surface area is 136 Å². The first-order valence-electron chi connectivity index (χ1n) is 7.17. The largest absolute Gasteiger partial charge is 0.444 e. The predicted octanol–water partition coefficient (Wildman–Crippen LogP) is 3.93. The second kappa shape index (κ2) is 8.03. The summed E-state index contributed by atoms with van der Waals surface area (Å²) in [5.74, 6) is -0.0973. The van der Waals surface area contributed by atoms with Gasteiger partial charge in [-0.05, 0) is 51.5 Å². The third-order valence-electron chi connectivity index (χ3n) is 2.73. The molecule has 0 saturated carbocycles. The van der Waals surface area contributed by atoms with E-state index in [0.29, 0.717) is 30.1 Å². The number of halogens is 1. The summed E-state index contributed by atoms with van der Waals surface area (Å²) in [4.78, 5) is 25.0. The van der Waals surface area contributed by atoms with Gasteiger partial charge in [0, 0.05) is 30.7 Å². The van der Waals surface area contributed by atoms with Crippen LogP contribution in [0, 0.1) is 0 Å². The van der Waals surface area contributed by atoms with E-state index in [1.54, 1.807) is 31.3 Å². The van der Waals surface area contributed by atoms with Gasteiger partial charge in [-0.15, -0.1) is 0 Å². The molecule has 22 heavy (non-hydrogen) atoms. The molecular weight excluding hydrogens is 304 g/mol. The van der Waals surface area contributed by atoms with Crippen LogP contribution in [-0.2, 0) is 9.53 Å². The van der Waals surface area contributed by atoms with Crippen molar-refractivity contribution in [2.75, 3.05) is 18.9 Å². The second-order valence-electron chi connectivity index (χ2n) is 6.06. The highest BCUT2D eigenvalue weighted by Crippen LogP contribution is 2.14. The van der Waals surface area contributed by atoms with Crippen molar-refractivity contribution in [1.29, 1.82) is 0 Å². The lowest BCUT2D eigenvalue weighted by atomic mass is 10.2. The van der Waals surface area contributed by atoms with Gasteiger partial charge in [-0.25, -0.2) is 4.79 Å². The molecule has 0 atom stereocenters. The van der Waals surface area contributed by atoms with E-state index >= 15 is 0 Å². The minimum Gasteiger partial charge on any atom is -0.444 e.